The Hall–Kier alpha value is -3.71. The Morgan fingerprint density at radius 2 is 1.93 bits per heavy atom. The summed E-state index contributed by atoms with van der Waals surface area (Å²) in [5.41, 5.74) is 2.27. The van der Waals surface area contributed by atoms with Gasteiger partial charge in [0.05, 0.1) is 34.5 Å². The Balaban J connectivity index is 1.51. The van der Waals surface area contributed by atoms with Crippen molar-refractivity contribution in [3.63, 3.8) is 0 Å². The molecule has 0 atom stereocenters. The summed E-state index contributed by atoms with van der Waals surface area (Å²) >= 11 is 6.08. The first-order chi connectivity index (χ1) is 13.7. The number of ether oxygens (including phenoxy) is 1. The second-order valence-electron chi connectivity index (χ2n) is 6.08. The van der Waals surface area contributed by atoms with E-state index in [-0.39, 0.29) is 11.9 Å². The minimum atomic E-state index is -0.155. The lowest BCUT2D eigenvalue weighted by molar-refractivity contribution is 0.412. The van der Waals surface area contributed by atoms with Gasteiger partial charge in [-0.05, 0) is 42.5 Å². The first-order valence-electron chi connectivity index (χ1n) is 8.40. The molecule has 0 amide bonds. The lowest BCUT2D eigenvalue weighted by Crippen LogP contribution is -1.96. The van der Waals surface area contributed by atoms with E-state index in [9.17, 15) is 5.11 Å². The summed E-state index contributed by atoms with van der Waals surface area (Å²) < 4.78 is 7.54. The van der Waals surface area contributed by atoms with E-state index in [0.717, 1.165) is 16.6 Å². The van der Waals surface area contributed by atoms with Gasteiger partial charge in [0.25, 0.3) is 0 Å². The van der Waals surface area contributed by atoms with Crippen LogP contribution >= 0.6 is 11.6 Å². The standard InChI is InChI=1S/C20H12ClN5O2/c21-13-2-1-3-14(9-13)26-18-5-4-15(8-12(18)10-23-26)28-20-24-17-11-22-7-6-16(17)19(27)25-20/h1-11H,(H,24,25,27). The number of halogens is 1. The average molecular weight is 390 g/mol. The van der Waals surface area contributed by atoms with Crippen LogP contribution in [0, 0.1) is 0 Å². The second kappa shape index (κ2) is 6.47. The van der Waals surface area contributed by atoms with Crippen LogP contribution in [0.25, 0.3) is 27.5 Å². The first-order valence-corrected chi connectivity index (χ1v) is 8.77. The molecule has 0 fully saturated rings. The third-order valence-electron chi connectivity index (χ3n) is 4.26. The summed E-state index contributed by atoms with van der Waals surface area (Å²) in [5.74, 6) is 0.373. The molecule has 0 aliphatic heterocycles. The third kappa shape index (κ3) is 2.87. The number of aromatic hydroxyl groups is 1. The minimum Gasteiger partial charge on any atom is -0.493 e. The molecule has 0 radical (unpaired) electrons. The van der Waals surface area contributed by atoms with Crippen LogP contribution in [-0.2, 0) is 0 Å². The van der Waals surface area contributed by atoms with E-state index < -0.39 is 0 Å². The number of rotatable bonds is 3. The minimum absolute atomic E-state index is 0.0413. The van der Waals surface area contributed by atoms with Gasteiger partial charge in [-0.1, -0.05) is 17.7 Å². The topological polar surface area (TPSA) is 86.0 Å². The van der Waals surface area contributed by atoms with E-state index >= 15 is 0 Å². The molecule has 28 heavy (non-hydrogen) atoms. The van der Waals surface area contributed by atoms with Gasteiger partial charge in [0.15, 0.2) is 0 Å². The monoisotopic (exact) mass is 389 g/mol. The second-order valence-corrected chi connectivity index (χ2v) is 6.52. The number of benzene rings is 2. The van der Waals surface area contributed by atoms with Crippen molar-refractivity contribution in [1.29, 1.82) is 0 Å². The Bertz CT molecular complexity index is 1340. The van der Waals surface area contributed by atoms with Gasteiger partial charge in [0.1, 0.15) is 5.75 Å². The van der Waals surface area contributed by atoms with Gasteiger partial charge in [-0.15, -0.1) is 0 Å². The molecule has 3 heterocycles. The van der Waals surface area contributed by atoms with Crippen molar-refractivity contribution in [2.24, 2.45) is 0 Å². The number of fused-ring (bicyclic) bond motifs is 2. The van der Waals surface area contributed by atoms with Crippen molar-refractivity contribution in [1.82, 2.24) is 24.7 Å². The van der Waals surface area contributed by atoms with Gasteiger partial charge in [0, 0.05) is 16.6 Å². The first kappa shape index (κ1) is 16.5. The molecule has 0 unspecified atom stereocenters. The predicted octanol–water partition coefficient (Wildman–Crippen LogP) is 4.52. The highest BCUT2D eigenvalue weighted by molar-refractivity contribution is 6.30. The Morgan fingerprint density at radius 1 is 1.00 bits per heavy atom. The maximum Gasteiger partial charge on any atom is 0.325 e. The number of hydrogen-bond acceptors (Lipinski definition) is 6. The Morgan fingerprint density at radius 3 is 2.82 bits per heavy atom. The van der Waals surface area contributed by atoms with Crippen molar-refractivity contribution in [3.8, 4) is 23.3 Å². The average Bonchev–Trinajstić information content (AvgIpc) is 3.11. The molecule has 5 aromatic rings. The van der Waals surface area contributed by atoms with Crippen LogP contribution in [0.2, 0.25) is 5.02 Å². The summed E-state index contributed by atoms with van der Waals surface area (Å²) in [7, 11) is 0. The Kier molecular flexibility index (Phi) is 3.80. The van der Waals surface area contributed by atoms with Crippen molar-refractivity contribution >= 4 is 33.4 Å². The van der Waals surface area contributed by atoms with Crippen molar-refractivity contribution in [3.05, 3.63) is 72.1 Å². The highest BCUT2D eigenvalue weighted by atomic mass is 35.5. The zero-order chi connectivity index (χ0) is 19.1. The van der Waals surface area contributed by atoms with E-state index in [1.165, 1.54) is 0 Å². The van der Waals surface area contributed by atoms with Crippen molar-refractivity contribution in [2.45, 2.75) is 0 Å². The summed E-state index contributed by atoms with van der Waals surface area (Å²) in [6, 6.07) is 14.7. The van der Waals surface area contributed by atoms with Gasteiger partial charge in [-0.25, -0.2) is 4.68 Å². The fraction of sp³-hybridized carbons (Fsp3) is 0. The van der Waals surface area contributed by atoms with Gasteiger partial charge in [-0.3, -0.25) is 4.98 Å². The van der Waals surface area contributed by atoms with E-state index in [1.54, 1.807) is 35.4 Å². The fourth-order valence-corrected chi connectivity index (χ4v) is 3.17. The molecule has 3 aromatic heterocycles. The molecular formula is C20H12ClN5O2. The lowest BCUT2D eigenvalue weighted by Gasteiger charge is -2.07. The molecule has 0 saturated carbocycles. The zero-order valence-corrected chi connectivity index (χ0v) is 15.1. The number of hydrogen-bond donors (Lipinski definition) is 1. The van der Waals surface area contributed by atoms with E-state index in [2.05, 4.69) is 20.1 Å². The molecule has 1 N–H and O–H groups in total. The summed E-state index contributed by atoms with van der Waals surface area (Å²) in [6.45, 7) is 0. The zero-order valence-electron chi connectivity index (χ0n) is 14.3. The lowest BCUT2D eigenvalue weighted by atomic mass is 10.2. The van der Waals surface area contributed by atoms with E-state index in [0.29, 0.717) is 21.7 Å². The highest BCUT2D eigenvalue weighted by Gasteiger charge is 2.11. The van der Waals surface area contributed by atoms with Gasteiger partial charge < -0.3 is 9.84 Å². The van der Waals surface area contributed by atoms with Crippen molar-refractivity contribution < 1.29 is 9.84 Å². The molecule has 7 nitrogen and oxygen atoms in total. The fourth-order valence-electron chi connectivity index (χ4n) is 2.98. The molecule has 5 rings (SSSR count). The highest BCUT2D eigenvalue weighted by Crippen LogP contribution is 2.28. The van der Waals surface area contributed by atoms with Gasteiger partial charge in [0.2, 0.25) is 5.88 Å². The van der Waals surface area contributed by atoms with Crippen LogP contribution in [0.1, 0.15) is 0 Å². The molecule has 2 aromatic carbocycles. The maximum absolute atomic E-state index is 10.1. The normalized spacial score (nSPS) is 11.2. The SMILES string of the molecule is Oc1nc(Oc2ccc3c(cnn3-c3cccc(Cl)c3)c2)nc2cnccc12. The predicted molar refractivity (Wildman–Crippen MR) is 105 cm³/mol. The smallest absolute Gasteiger partial charge is 0.325 e. The molecule has 0 aliphatic carbocycles. The molecular weight excluding hydrogens is 378 g/mol. The summed E-state index contributed by atoms with van der Waals surface area (Å²) in [4.78, 5) is 12.3. The molecule has 136 valence electrons. The third-order valence-corrected chi connectivity index (χ3v) is 4.50. The van der Waals surface area contributed by atoms with E-state index in [1.807, 2.05) is 36.4 Å². The number of pyridine rings is 1. The van der Waals surface area contributed by atoms with Crippen LogP contribution in [0.3, 0.4) is 0 Å². The summed E-state index contributed by atoms with van der Waals surface area (Å²) in [6.07, 6.45) is 4.85. The van der Waals surface area contributed by atoms with Crippen molar-refractivity contribution in [2.75, 3.05) is 0 Å². The summed E-state index contributed by atoms with van der Waals surface area (Å²) in [5, 5.41) is 16.5. The van der Waals surface area contributed by atoms with Crippen LogP contribution < -0.4 is 4.74 Å². The molecule has 0 spiro atoms. The van der Waals surface area contributed by atoms with Crippen LogP contribution in [0.4, 0.5) is 0 Å². The molecule has 0 bridgehead atoms. The maximum atomic E-state index is 10.1. The van der Waals surface area contributed by atoms with Crippen LogP contribution in [0.15, 0.2) is 67.1 Å². The molecule has 0 saturated heterocycles. The van der Waals surface area contributed by atoms with Crippen LogP contribution in [-0.4, -0.2) is 29.8 Å². The molecule has 0 aliphatic rings. The quantitative estimate of drug-likeness (QED) is 0.488. The van der Waals surface area contributed by atoms with Crippen LogP contribution in [0.5, 0.6) is 17.6 Å². The van der Waals surface area contributed by atoms with Gasteiger partial charge >= 0.3 is 6.01 Å². The van der Waals surface area contributed by atoms with E-state index in [4.69, 9.17) is 16.3 Å². The number of aromatic nitrogens is 5. The van der Waals surface area contributed by atoms with Gasteiger partial charge in [-0.2, -0.15) is 15.1 Å². The molecule has 8 heteroatoms. The largest absolute Gasteiger partial charge is 0.493 e. The Labute approximate surface area is 163 Å². The number of nitrogens with zero attached hydrogens (tertiary/aromatic N) is 5.